The van der Waals surface area contributed by atoms with Gasteiger partial charge in [0.2, 0.25) is 11.8 Å². The number of carbonyl (C=O) groups is 3. The van der Waals surface area contributed by atoms with Crippen LogP contribution in [0.5, 0.6) is 5.75 Å². The Morgan fingerprint density at radius 3 is 2.39 bits per heavy atom. The molecule has 2 aliphatic heterocycles. The maximum atomic E-state index is 13.8. The number of nitrogens with zero attached hydrogens (tertiary/aromatic N) is 1. The van der Waals surface area contributed by atoms with Gasteiger partial charge in [-0.3, -0.25) is 14.4 Å². The van der Waals surface area contributed by atoms with Gasteiger partial charge >= 0.3 is 0 Å². The van der Waals surface area contributed by atoms with Gasteiger partial charge in [0.15, 0.2) is 0 Å². The topological polar surface area (TPSA) is 128 Å². The summed E-state index contributed by atoms with van der Waals surface area (Å²) in [7, 11) is 0. The minimum Gasteiger partial charge on any atom is -0.490 e. The molecule has 4 N–H and O–H groups in total. The van der Waals surface area contributed by atoms with Gasteiger partial charge in [-0.2, -0.15) is 0 Å². The number of hydrogen-bond acceptors (Lipinski definition) is 7. The lowest BCUT2D eigenvalue weighted by atomic mass is 9.90. The van der Waals surface area contributed by atoms with Gasteiger partial charge in [0.1, 0.15) is 30.6 Å². The van der Waals surface area contributed by atoms with Crippen LogP contribution in [0.3, 0.4) is 0 Å². The smallest absolute Gasteiger partial charge is 0.252 e. The molecule has 0 saturated carbocycles. The fourth-order valence-corrected chi connectivity index (χ4v) is 7.49. The fraction of sp³-hybridized carbons (Fsp3) is 0.417. The molecular weight excluding hydrogens is 602 g/mol. The highest BCUT2D eigenvalue weighted by Crippen LogP contribution is 2.40. The number of nitrogens with one attached hydrogen (secondary N) is 2. The number of amides is 3. The van der Waals surface area contributed by atoms with Crippen LogP contribution in [-0.2, 0) is 27.3 Å². The number of ether oxygens (including phenoxy) is 1. The zero-order valence-corrected chi connectivity index (χ0v) is 27.5. The third kappa shape index (κ3) is 7.40. The summed E-state index contributed by atoms with van der Waals surface area (Å²) >= 11 is 1.48. The summed E-state index contributed by atoms with van der Waals surface area (Å²) in [5.74, 6) is -1.23. The van der Waals surface area contributed by atoms with E-state index < -0.39 is 46.8 Å². The van der Waals surface area contributed by atoms with E-state index in [9.17, 15) is 24.6 Å². The Labute approximate surface area is 274 Å². The Hall–Kier alpha value is -3.86. The van der Waals surface area contributed by atoms with Gasteiger partial charge in [-0.15, -0.1) is 11.8 Å². The van der Waals surface area contributed by atoms with Crippen LogP contribution in [0.15, 0.2) is 72.8 Å². The molecule has 0 radical (unpaired) electrons. The van der Waals surface area contributed by atoms with E-state index in [1.54, 1.807) is 12.1 Å². The molecule has 3 amide bonds. The largest absolute Gasteiger partial charge is 0.490 e. The van der Waals surface area contributed by atoms with Gasteiger partial charge < -0.3 is 30.5 Å². The SMILES string of the molecule is Cc1cccc(C)c1CNC(=O)[C@H]1N(C(=O)[C@@H](O)CC(Cc2ccccc2)C(=O)N[C@H]2c3ccccc3OC[C@H]2O)CSC1(C)C. The normalized spacial score (nSPS) is 21.4. The lowest BCUT2D eigenvalue weighted by Gasteiger charge is -2.33. The number of thioether (sulfide) groups is 1. The Kier molecular flexibility index (Phi) is 10.4. The fourth-order valence-electron chi connectivity index (χ4n) is 6.35. The van der Waals surface area contributed by atoms with Crippen LogP contribution in [0.1, 0.15) is 54.1 Å². The first-order chi connectivity index (χ1) is 22.0. The number of rotatable bonds is 10. The van der Waals surface area contributed by atoms with Crippen LogP contribution in [0.4, 0.5) is 0 Å². The monoisotopic (exact) mass is 645 g/mol. The minimum atomic E-state index is -1.52. The molecule has 3 aromatic rings. The molecule has 2 heterocycles. The minimum absolute atomic E-state index is 0.0295. The molecule has 244 valence electrons. The Balaban J connectivity index is 1.32. The number of carbonyl (C=O) groups excluding carboxylic acids is 3. The van der Waals surface area contributed by atoms with Crippen LogP contribution in [-0.4, -0.2) is 68.3 Å². The predicted octanol–water partition coefficient (Wildman–Crippen LogP) is 3.82. The van der Waals surface area contributed by atoms with Crippen LogP contribution >= 0.6 is 11.8 Å². The van der Waals surface area contributed by atoms with E-state index >= 15 is 0 Å². The molecule has 5 rings (SSSR count). The first kappa shape index (κ1) is 33.5. The van der Waals surface area contributed by atoms with Crippen molar-refractivity contribution in [1.82, 2.24) is 15.5 Å². The van der Waals surface area contributed by atoms with Crippen molar-refractivity contribution in [2.45, 2.75) is 76.1 Å². The quantitative estimate of drug-likeness (QED) is 0.264. The standard InChI is InChI=1S/C36H43N3O6S/c1-22-11-10-12-23(2)27(22)19-37-34(43)32-36(3,4)46-21-39(32)35(44)28(40)18-25(17-24-13-6-5-7-14-24)33(42)38-31-26-15-8-9-16-30(26)45-20-29(31)41/h5-16,25,28-29,31-32,40-41H,17-21H2,1-4H3,(H,37,43)(H,38,42)/t25?,28-,29+,31-,32+/m0/s1. The zero-order chi connectivity index (χ0) is 33.0. The number of aryl methyl sites for hydroxylation is 2. The highest BCUT2D eigenvalue weighted by atomic mass is 32.2. The van der Waals surface area contributed by atoms with E-state index in [1.807, 2.05) is 88.4 Å². The van der Waals surface area contributed by atoms with Gasteiger partial charge in [0, 0.05) is 22.8 Å². The van der Waals surface area contributed by atoms with Crippen LogP contribution < -0.4 is 15.4 Å². The highest BCUT2D eigenvalue weighted by Gasteiger charge is 2.49. The van der Waals surface area contributed by atoms with Crippen molar-refractivity contribution in [3.63, 3.8) is 0 Å². The molecule has 0 spiro atoms. The summed E-state index contributed by atoms with van der Waals surface area (Å²) in [6.07, 6.45) is -2.36. The summed E-state index contributed by atoms with van der Waals surface area (Å²) in [6.45, 7) is 8.20. The van der Waals surface area contributed by atoms with E-state index in [-0.39, 0.29) is 31.2 Å². The maximum absolute atomic E-state index is 13.8. The van der Waals surface area contributed by atoms with Crippen LogP contribution in [0.25, 0.3) is 0 Å². The summed E-state index contributed by atoms with van der Waals surface area (Å²) < 4.78 is 5.04. The molecule has 1 unspecified atom stereocenters. The molecule has 2 aliphatic rings. The number of aliphatic hydroxyl groups is 2. The average molecular weight is 646 g/mol. The highest BCUT2D eigenvalue weighted by molar-refractivity contribution is 8.00. The van der Waals surface area contributed by atoms with E-state index in [0.29, 0.717) is 17.9 Å². The van der Waals surface area contributed by atoms with E-state index in [4.69, 9.17) is 4.74 Å². The van der Waals surface area contributed by atoms with Crippen molar-refractivity contribution in [3.8, 4) is 5.75 Å². The lowest BCUT2D eigenvalue weighted by Crippen LogP contribution is -2.55. The number of fused-ring (bicyclic) bond motifs is 1. The second kappa shape index (κ2) is 14.3. The molecule has 1 saturated heterocycles. The molecule has 3 aromatic carbocycles. The van der Waals surface area contributed by atoms with Gasteiger partial charge in [-0.1, -0.05) is 66.7 Å². The summed E-state index contributed by atoms with van der Waals surface area (Å²) in [4.78, 5) is 42.7. The second-order valence-electron chi connectivity index (χ2n) is 12.7. The molecule has 1 fully saturated rings. The molecule has 46 heavy (non-hydrogen) atoms. The predicted molar refractivity (Wildman–Crippen MR) is 178 cm³/mol. The molecule has 0 aliphatic carbocycles. The van der Waals surface area contributed by atoms with Crippen LogP contribution in [0.2, 0.25) is 0 Å². The molecular formula is C36H43N3O6S. The van der Waals surface area contributed by atoms with Crippen LogP contribution in [0, 0.1) is 19.8 Å². The summed E-state index contributed by atoms with van der Waals surface area (Å²) in [5, 5.41) is 28.1. The van der Waals surface area contributed by atoms with Gasteiger partial charge in [0.05, 0.1) is 11.9 Å². The molecule has 5 atom stereocenters. The number of hydrogen-bond donors (Lipinski definition) is 4. The van der Waals surface area contributed by atoms with Gasteiger partial charge in [-0.05, 0) is 68.9 Å². The lowest BCUT2D eigenvalue weighted by molar-refractivity contribution is -0.147. The first-order valence-electron chi connectivity index (χ1n) is 15.7. The molecule has 0 aromatic heterocycles. The Bertz CT molecular complexity index is 1540. The Morgan fingerprint density at radius 1 is 1.00 bits per heavy atom. The number of para-hydroxylation sites is 1. The summed E-state index contributed by atoms with van der Waals surface area (Å²) in [6, 6.07) is 21.1. The van der Waals surface area contributed by atoms with E-state index in [2.05, 4.69) is 10.6 Å². The third-order valence-corrected chi connectivity index (χ3v) is 10.4. The third-order valence-electron chi connectivity index (χ3n) is 9.00. The number of aliphatic hydroxyl groups excluding tert-OH is 2. The van der Waals surface area contributed by atoms with Crippen molar-refractivity contribution < 1.29 is 29.3 Å². The van der Waals surface area contributed by atoms with Crippen molar-refractivity contribution >= 4 is 29.5 Å². The van der Waals surface area contributed by atoms with Gasteiger partial charge in [-0.25, -0.2) is 0 Å². The van der Waals surface area contributed by atoms with Gasteiger partial charge in [0.25, 0.3) is 5.91 Å². The molecule has 0 bridgehead atoms. The second-order valence-corrected chi connectivity index (χ2v) is 14.3. The van der Waals surface area contributed by atoms with E-state index in [1.165, 1.54) is 16.7 Å². The maximum Gasteiger partial charge on any atom is 0.252 e. The molecule has 10 heteroatoms. The van der Waals surface area contributed by atoms with E-state index in [0.717, 1.165) is 22.3 Å². The molecule has 9 nitrogen and oxygen atoms in total. The first-order valence-corrected chi connectivity index (χ1v) is 16.6. The van der Waals surface area contributed by atoms with Crippen molar-refractivity contribution in [1.29, 1.82) is 0 Å². The van der Waals surface area contributed by atoms with Crippen molar-refractivity contribution in [3.05, 3.63) is 101 Å². The summed E-state index contributed by atoms with van der Waals surface area (Å²) in [5.41, 5.74) is 4.71. The average Bonchev–Trinajstić information content (AvgIpc) is 3.36. The Morgan fingerprint density at radius 2 is 1.67 bits per heavy atom. The zero-order valence-electron chi connectivity index (χ0n) is 26.7. The van der Waals surface area contributed by atoms with Crippen molar-refractivity contribution in [2.24, 2.45) is 5.92 Å². The number of benzene rings is 3. The van der Waals surface area contributed by atoms with Crippen molar-refractivity contribution in [2.75, 3.05) is 12.5 Å².